The van der Waals surface area contributed by atoms with Crippen LogP contribution in [-0.4, -0.2) is 75.2 Å². The van der Waals surface area contributed by atoms with Crippen LogP contribution in [0.2, 0.25) is 0 Å². The van der Waals surface area contributed by atoms with E-state index < -0.39 is 24.5 Å². The molecule has 2 aliphatic rings. The van der Waals surface area contributed by atoms with Crippen molar-refractivity contribution >= 4 is 34.2 Å². The monoisotopic (exact) mass is 531 g/mol. The van der Waals surface area contributed by atoms with Gasteiger partial charge in [0.1, 0.15) is 23.6 Å². The minimum absolute atomic E-state index is 0.00248. The molecule has 0 bridgehead atoms. The smallest absolute Gasteiger partial charge is 0.345 e. The maximum absolute atomic E-state index is 14.7. The Hall–Kier alpha value is -3.25. The van der Waals surface area contributed by atoms with E-state index in [1.165, 1.54) is 6.92 Å². The van der Waals surface area contributed by atoms with E-state index in [0.717, 1.165) is 16.3 Å². The standard InChI is InChI=1S/C26H32F3N7O2/c1-14(2)17-10-32-23(36-12-19(15(36)3)38-24(27)28)18-11-31-22(9-16(17)18)33-21-5-7-30-25(34-21)35-8-6-20(37)26(4,29)13-35/h5,7,9-11,14-15,19-20,24,37H,6,8,12-13H2,1-4H3,(H,30,31,33,34)/t15-,19+,20-,26+/m1/s1. The zero-order valence-corrected chi connectivity index (χ0v) is 21.8. The molecule has 2 saturated heterocycles. The maximum Gasteiger partial charge on any atom is 0.345 e. The molecule has 0 aromatic carbocycles. The predicted molar refractivity (Wildman–Crippen MR) is 139 cm³/mol. The molecule has 2 fully saturated rings. The van der Waals surface area contributed by atoms with Crippen molar-refractivity contribution in [3.63, 3.8) is 0 Å². The van der Waals surface area contributed by atoms with Gasteiger partial charge in [-0.15, -0.1) is 0 Å². The molecule has 2 aliphatic heterocycles. The van der Waals surface area contributed by atoms with Crippen LogP contribution >= 0.6 is 0 Å². The quantitative estimate of drug-likeness (QED) is 0.460. The van der Waals surface area contributed by atoms with Gasteiger partial charge in [-0.1, -0.05) is 13.8 Å². The summed E-state index contributed by atoms with van der Waals surface area (Å²) in [5.41, 5.74) is -0.719. The number of hydrogen-bond acceptors (Lipinski definition) is 9. The van der Waals surface area contributed by atoms with Crippen LogP contribution < -0.4 is 15.1 Å². The van der Waals surface area contributed by atoms with E-state index in [0.29, 0.717) is 42.9 Å². The van der Waals surface area contributed by atoms with E-state index in [2.05, 4.69) is 39.1 Å². The number of ether oxygens (including phenoxy) is 1. The zero-order valence-electron chi connectivity index (χ0n) is 21.8. The summed E-state index contributed by atoms with van der Waals surface area (Å²) in [7, 11) is 0. The minimum Gasteiger partial charge on any atom is -0.390 e. The van der Waals surface area contributed by atoms with Crippen molar-refractivity contribution in [2.45, 2.75) is 70.6 Å². The van der Waals surface area contributed by atoms with Gasteiger partial charge in [0.05, 0.1) is 18.7 Å². The van der Waals surface area contributed by atoms with Crippen LogP contribution in [0.3, 0.4) is 0 Å². The van der Waals surface area contributed by atoms with Crippen LogP contribution in [0.25, 0.3) is 10.8 Å². The molecule has 9 nitrogen and oxygen atoms in total. The van der Waals surface area contributed by atoms with Crippen molar-refractivity contribution in [2.24, 2.45) is 0 Å². The Bertz CT molecular complexity index is 1310. The van der Waals surface area contributed by atoms with Crippen LogP contribution in [-0.2, 0) is 4.74 Å². The third-order valence-electron chi connectivity index (χ3n) is 7.41. The summed E-state index contributed by atoms with van der Waals surface area (Å²) in [4.78, 5) is 21.7. The maximum atomic E-state index is 14.7. The molecule has 38 heavy (non-hydrogen) atoms. The largest absolute Gasteiger partial charge is 0.390 e. The van der Waals surface area contributed by atoms with Gasteiger partial charge in [0.2, 0.25) is 5.95 Å². The second-order valence-corrected chi connectivity index (χ2v) is 10.5. The summed E-state index contributed by atoms with van der Waals surface area (Å²) in [5.74, 6) is 2.29. The summed E-state index contributed by atoms with van der Waals surface area (Å²) in [6.45, 7) is 5.34. The number of anilines is 4. The van der Waals surface area contributed by atoms with Gasteiger partial charge in [-0.3, -0.25) is 0 Å². The number of nitrogens with zero attached hydrogens (tertiary/aromatic N) is 6. The molecule has 0 spiro atoms. The lowest BCUT2D eigenvalue weighted by Crippen LogP contribution is -2.60. The Morgan fingerprint density at radius 1 is 1.16 bits per heavy atom. The van der Waals surface area contributed by atoms with Crippen molar-refractivity contribution < 1.29 is 23.0 Å². The molecule has 0 amide bonds. The number of halogens is 3. The lowest BCUT2D eigenvalue weighted by atomic mass is 9.94. The van der Waals surface area contributed by atoms with Crippen molar-refractivity contribution in [3.8, 4) is 0 Å². The van der Waals surface area contributed by atoms with E-state index in [-0.39, 0.29) is 18.5 Å². The van der Waals surface area contributed by atoms with Crippen molar-refractivity contribution in [1.29, 1.82) is 0 Å². The summed E-state index contributed by atoms with van der Waals surface area (Å²) in [5, 5.41) is 14.9. The van der Waals surface area contributed by atoms with E-state index in [1.807, 2.05) is 24.1 Å². The van der Waals surface area contributed by atoms with E-state index in [1.54, 1.807) is 23.4 Å². The number of fused-ring (bicyclic) bond motifs is 1. The number of aromatic nitrogens is 4. The van der Waals surface area contributed by atoms with Gasteiger partial charge in [-0.2, -0.15) is 13.8 Å². The highest BCUT2D eigenvalue weighted by Crippen LogP contribution is 2.37. The van der Waals surface area contributed by atoms with Crippen LogP contribution in [0.5, 0.6) is 0 Å². The Kier molecular flexibility index (Phi) is 7.03. The van der Waals surface area contributed by atoms with Gasteiger partial charge < -0.3 is 25.0 Å². The number of aliphatic hydroxyl groups excluding tert-OH is 1. The van der Waals surface area contributed by atoms with Gasteiger partial charge in [-0.05, 0) is 49.3 Å². The van der Waals surface area contributed by atoms with E-state index >= 15 is 0 Å². The van der Waals surface area contributed by atoms with Crippen molar-refractivity contribution in [2.75, 3.05) is 34.8 Å². The Morgan fingerprint density at radius 2 is 1.95 bits per heavy atom. The number of hydrogen-bond donors (Lipinski definition) is 2. The molecule has 0 radical (unpaired) electrons. The molecule has 4 atom stereocenters. The Labute approximate surface area is 219 Å². The summed E-state index contributed by atoms with van der Waals surface area (Å²) >= 11 is 0. The second-order valence-electron chi connectivity index (χ2n) is 10.5. The lowest BCUT2D eigenvalue weighted by Gasteiger charge is -2.46. The molecule has 3 aromatic rings. The molecular formula is C26H32F3N7O2. The molecule has 0 aliphatic carbocycles. The van der Waals surface area contributed by atoms with Crippen molar-refractivity contribution in [3.05, 3.63) is 36.3 Å². The predicted octanol–water partition coefficient (Wildman–Crippen LogP) is 4.40. The zero-order chi connectivity index (χ0) is 27.2. The first-order chi connectivity index (χ1) is 18.0. The fraction of sp³-hybridized carbons (Fsp3) is 0.538. The summed E-state index contributed by atoms with van der Waals surface area (Å²) in [6, 6.07) is 3.38. The minimum atomic E-state index is -2.81. The Balaban J connectivity index is 1.41. The van der Waals surface area contributed by atoms with Gasteiger partial charge >= 0.3 is 6.61 Å². The molecule has 5 heterocycles. The number of pyridine rings is 2. The molecule has 0 saturated carbocycles. The topological polar surface area (TPSA) is 99.5 Å². The molecule has 0 unspecified atom stereocenters. The van der Waals surface area contributed by atoms with Crippen LogP contribution in [0, 0.1) is 0 Å². The summed E-state index contributed by atoms with van der Waals surface area (Å²) in [6.07, 6.45) is 3.86. The highest BCUT2D eigenvalue weighted by Gasteiger charge is 2.41. The molecule has 3 aromatic heterocycles. The van der Waals surface area contributed by atoms with E-state index in [9.17, 15) is 18.3 Å². The van der Waals surface area contributed by atoms with Crippen molar-refractivity contribution in [1.82, 2.24) is 19.9 Å². The normalized spacial score (nSPS) is 25.8. The molecule has 12 heteroatoms. The number of rotatable bonds is 7. The number of alkyl halides is 3. The van der Waals surface area contributed by atoms with Crippen LogP contribution in [0.15, 0.2) is 30.7 Å². The SMILES string of the molecule is CC(C)c1cnc(N2C[C@H](OC(F)F)[C@H]2C)c2cnc(Nc3ccnc(N4CC[C@@H](O)[C@@](C)(F)C4)n3)cc12. The third-order valence-corrected chi connectivity index (χ3v) is 7.41. The van der Waals surface area contributed by atoms with Gasteiger partial charge in [0, 0.05) is 37.1 Å². The first-order valence-electron chi connectivity index (χ1n) is 12.7. The average Bonchev–Trinajstić information content (AvgIpc) is 2.87. The first kappa shape index (κ1) is 26.4. The average molecular weight is 532 g/mol. The number of aliphatic hydroxyl groups is 1. The van der Waals surface area contributed by atoms with Crippen LogP contribution in [0.4, 0.5) is 36.6 Å². The molecule has 5 rings (SSSR count). The Morgan fingerprint density at radius 3 is 2.63 bits per heavy atom. The number of nitrogens with one attached hydrogen (secondary N) is 1. The second kappa shape index (κ2) is 10.1. The summed E-state index contributed by atoms with van der Waals surface area (Å²) < 4.78 is 44.8. The fourth-order valence-electron chi connectivity index (χ4n) is 5.05. The first-order valence-corrected chi connectivity index (χ1v) is 12.7. The van der Waals surface area contributed by atoms with Crippen LogP contribution in [0.1, 0.15) is 45.6 Å². The third kappa shape index (κ3) is 5.06. The van der Waals surface area contributed by atoms with E-state index in [4.69, 9.17) is 4.74 Å². The number of piperidine rings is 1. The highest BCUT2D eigenvalue weighted by atomic mass is 19.3. The molecule has 2 N–H and O–H groups in total. The van der Waals surface area contributed by atoms with Gasteiger partial charge in [0.15, 0.2) is 5.67 Å². The highest BCUT2D eigenvalue weighted by molar-refractivity contribution is 5.96. The fourth-order valence-corrected chi connectivity index (χ4v) is 5.05. The molecule has 204 valence electrons. The van der Waals surface area contributed by atoms with Gasteiger partial charge in [-0.25, -0.2) is 19.3 Å². The lowest BCUT2D eigenvalue weighted by molar-refractivity contribution is -0.177. The molecular weight excluding hydrogens is 499 g/mol. The van der Waals surface area contributed by atoms with Gasteiger partial charge in [0.25, 0.3) is 0 Å².